The Kier molecular flexibility index (Phi) is 14.3. The molecular formula is C20H21Cl6N3O2V. The molecule has 2 aromatic rings. The van der Waals surface area contributed by atoms with Crippen molar-refractivity contribution in [2.75, 3.05) is 0 Å². The fourth-order valence-electron chi connectivity index (χ4n) is 2.02. The van der Waals surface area contributed by atoms with Gasteiger partial charge in [0, 0.05) is 36.7 Å². The summed E-state index contributed by atoms with van der Waals surface area (Å²) >= 11 is 33.4. The van der Waals surface area contributed by atoms with Crippen LogP contribution in [0.5, 0.6) is 0 Å². The Morgan fingerprint density at radius 2 is 1.53 bits per heavy atom. The fourth-order valence-corrected chi connectivity index (χ4v) is 3.11. The minimum Gasteiger partial charge on any atom is -0.297 e. The minimum atomic E-state index is -0.651. The van der Waals surface area contributed by atoms with Gasteiger partial charge in [0.2, 0.25) is 5.24 Å². The molecule has 0 saturated heterocycles. The summed E-state index contributed by atoms with van der Waals surface area (Å²) in [6.45, 7) is 0. The van der Waals surface area contributed by atoms with Crippen molar-refractivity contribution in [3.63, 3.8) is 0 Å². The van der Waals surface area contributed by atoms with E-state index in [1.165, 1.54) is 0 Å². The van der Waals surface area contributed by atoms with Gasteiger partial charge in [-0.3, -0.25) is 9.59 Å². The summed E-state index contributed by atoms with van der Waals surface area (Å²) < 4.78 is 0. The number of carbonyl (C=O) groups excluding carboxylic acids is 2. The summed E-state index contributed by atoms with van der Waals surface area (Å²) in [4.78, 5) is 24.4. The Labute approximate surface area is 229 Å². The predicted molar refractivity (Wildman–Crippen MR) is 128 cm³/mol. The first kappa shape index (κ1) is 31.9. The van der Waals surface area contributed by atoms with Crippen molar-refractivity contribution >= 4 is 80.6 Å². The van der Waals surface area contributed by atoms with Gasteiger partial charge >= 0.3 is 0 Å². The number of rotatable bonds is 5. The van der Waals surface area contributed by atoms with Crippen molar-refractivity contribution in [3.05, 3.63) is 52.0 Å². The molecule has 0 N–H and O–H groups in total. The van der Waals surface area contributed by atoms with E-state index in [0.29, 0.717) is 16.2 Å². The molecule has 2 saturated carbocycles. The summed E-state index contributed by atoms with van der Waals surface area (Å²) in [5, 5.41) is 7.50. The van der Waals surface area contributed by atoms with Gasteiger partial charge in [-0.25, -0.2) is 4.98 Å². The van der Waals surface area contributed by atoms with Gasteiger partial charge in [-0.2, -0.15) is 5.10 Å². The number of carbonyl (C=O) groups is 2. The number of alkyl halides is 3. The molecule has 32 heavy (non-hydrogen) atoms. The molecular weight excluding hydrogens is 578 g/mol. The van der Waals surface area contributed by atoms with E-state index in [0.717, 1.165) is 36.8 Å². The average molecular weight is 599 g/mol. The Bertz CT molecular complexity index is 910. The van der Waals surface area contributed by atoms with E-state index in [1.807, 2.05) is 0 Å². The number of hydrogen-bond acceptors (Lipinski definition) is 5. The Morgan fingerprint density at radius 1 is 0.938 bits per heavy atom. The molecule has 2 aromatic heterocycles. The van der Waals surface area contributed by atoms with Crippen LogP contribution in [0, 0.1) is 0 Å². The van der Waals surface area contributed by atoms with Crippen molar-refractivity contribution < 1.29 is 28.1 Å². The van der Waals surface area contributed by atoms with Gasteiger partial charge in [0.1, 0.15) is 14.9 Å². The Morgan fingerprint density at radius 3 is 1.91 bits per heavy atom. The molecule has 2 heterocycles. The van der Waals surface area contributed by atoms with E-state index < -0.39 is 15.0 Å². The van der Waals surface area contributed by atoms with Gasteiger partial charge in [0.25, 0.3) is 0 Å². The van der Waals surface area contributed by atoms with Gasteiger partial charge in [0.05, 0.1) is 12.1 Å². The first-order valence-corrected chi connectivity index (χ1v) is 11.3. The molecule has 0 aliphatic heterocycles. The summed E-state index contributed by atoms with van der Waals surface area (Å²) in [5.74, 6) is 0.433. The maximum absolute atomic E-state index is 11.6. The van der Waals surface area contributed by atoms with Crippen molar-refractivity contribution in [2.45, 2.75) is 55.2 Å². The molecule has 175 valence electrons. The SMILES string of the molecule is C.ClCc1ccnnc1Cl.O=C(Cc1cccnc1Cl)C1(Cl)CC1.O=C(Cl)C1(Cl)CC1.[V]. The zero-order valence-corrected chi connectivity index (χ0v) is 21.9. The third kappa shape index (κ3) is 10.0. The van der Waals surface area contributed by atoms with Crippen molar-refractivity contribution in [2.24, 2.45) is 0 Å². The monoisotopic (exact) mass is 596 g/mol. The summed E-state index contributed by atoms with van der Waals surface area (Å²) in [7, 11) is 0. The minimum absolute atomic E-state index is 0. The topological polar surface area (TPSA) is 72.8 Å². The van der Waals surface area contributed by atoms with Gasteiger partial charge in [0.15, 0.2) is 10.9 Å². The molecule has 0 aromatic carbocycles. The zero-order chi connectivity index (χ0) is 22.4. The molecule has 0 bridgehead atoms. The van der Waals surface area contributed by atoms with Crippen LogP contribution in [0.3, 0.4) is 0 Å². The van der Waals surface area contributed by atoms with Crippen LogP contribution >= 0.6 is 69.6 Å². The number of hydrogen-bond donors (Lipinski definition) is 0. The van der Waals surface area contributed by atoms with Crippen LogP contribution in [-0.2, 0) is 40.4 Å². The van der Waals surface area contributed by atoms with Crippen LogP contribution in [0.25, 0.3) is 0 Å². The van der Waals surface area contributed by atoms with Crippen LogP contribution in [0.1, 0.15) is 44.2 Å². The molecule has 0 atom stereocenters. The average Bonchev–Trinajstić information content (AvgIpc) is 3.64. The van der Waals surface area contributed by atoms with Gasteiger partial charge in [-0.05, 0) is 55.0 Å². The second-order valence-corrected chi connectivity index (χ2v) is 9.51. The summed E-state index contributed by atoms with van der Waals surface area (Å²) in [5.41, 5.74) is 1.57. The number of Topliss-reactive ketones (excluding diaryl/α,β-unsaturated/α-hetero) is 1. The van der Waals surface area contributed by atoms with E-state index in [2.05, 4.69) is 15.2 Å². The number of ketones is 1. The number of pyridine rings is 1. The van der Waals surface area contributed by atoms with E-state index in [4.69, 9.17) is 69.6 Å². The van der Waals surface area contributed by atoms with Crippen LogP contribution < -0.4 is 0 Å². The zero-order valence-electron chi connectivity index (χ0n) is 16.0. The van der Waals surface area contributed by atoms with Gasteiger partial charge in [-0.15, -0.1) is 39.9 Å². The first-order chi connectivity index (χ1) is 14.1. The molecule has 4 rings (SSSR count). The van der Waals surface area contributed by atoms with E-state index in [1.54, 1.807) is 30.6 Å². The van der Waals surface area contributed by atoms with Crippen LogP contribution in [0.4, 0.5) is 0 Å². The Balaban J connectivity index is 0.000000466. The molecule has 12 heteroatoms. The molecule has 0 unspecified atom stereocenters. The second-order valence-electron chi connectivity index (χ2n) is 6.74. The van der Waals surface area contributed by atoms with Crippen LogP contribution in [0.15, 0.2) is 30.6 Å². The van der Waals surface area contributed by atoms with Crippen molar-refractivity contribution in [1.82, 2.24) is 15.2 Å². The largest absolute Gasteiger partial charge is 0.297 e. The smallest absolute Gasteiger partial charge is 0.242 e. The van der Waals surface area contributed by atoms with Gasteiger partial charge < -0.3 is 0 Å². The van der Waals surface area contributed by atoms with E-state index in [9.17, 15) is 9.59 Å². The third-order valence-corrected chi connectivity index (χ3v) is 6.86. The standard InChI is InChI=1S/C10H9Cl2NO.C5H4Cl2N2.C4H4Cl2O.CH4.V/c11-9-7(2-1-5-13-9)6-8(14)10(12)3-4-10;6-3-4-1-2-8-9-5(4)7;5-3(7)4(6)1-2-4;;/h1-2,5H,3-4,6H2;1-2H,3H2;1-2H2;1H4;. The summed E-state index contributed by atoms with van der Waals surface area (Å²) in [6, 6.07) is 5.31. The maximum atomic E-state index is 11.6. The third-order valence-electron chi connectivity index (χ3n) is 4.31. The molecule has 2 aliphatic rings. The second kappa shape index (κ2) is 14.3. The molecule has 2 fully saturated rings. The molecule has 0 spiro atoms. The van der Waals surface area contributed by atoms with Crippen molar-refractivity contribution in [1.29, 1.82) is 0 Å². The fraction of sp³-hybridized carbons (Fsp3) is 0.450. The number of nitrogens with zero attached hydrogens (tertiary/aromatic N) is 3. The molecule has 1 radical (unpaired) electrons. The Hall–Kier alpha value is -0.106. The van der Waals surface area contributed by atoms with E-state index >= 15 is 0 Å². The van der Waals surface area contributed by atoms with Gasteiger partial charge in [-0.1, -0.05) is 36.7 Å². The van der Waals surface area contributed by atoms with Crippen molar-refractivity contribution in [3.8, 4) is 0 Å². The molecule has 2 aliphatic carbocycles. The quantitative estimate of drug-likeness (QED) is 0.219. The first-order valence-electron chi connectivity index (χ1n) is 8.84. The molecule has 0 amide bonds. The molecule has 5 nitrogen and oxygen atoms in total. The number of aromatic nitrogens is 3. The normalized spacial score (nSPS) is 15.8. The summed E-state index contributed by atoms with van der Waals surface area (Å²) in [6.07, 6.45) is 6.51. The van der Waals surface area contributed by atoms with Crippen LogP contribution in [-0.4, -0.2) is 36.0 Å². The number of halogens is 6. The van der Waals surface area contributed by atoms with E-state index in [-0.39, 0.29) is 38.2 Å². The maximum Gasteiger partial charge on any atom is 0.242 e. The van der Waals surface area contributed by atoms with Crippen LogP contribution in [0.2, 0.25) is 10.3 Å². The predicted octanol–water partition coefficient (Wildman–Crippen LogP) is 6.64.